The Morgan fingerprint density at radius 1 is 1.35 bits per heavy atom. The quantitative estimate of drug-likeness (QED) is 0.908. The van der Waals surface area contributed by atoms with Crippen molar-refractivity contribution >= 4 is 40.9 Å². The minimum absolute atomic E-state index is 0.0207. The van der Waals surface area contributed by atoms with Crippen LogP contribution in [0.5, 0.6) is 0 Å². The molecule has 2 amide bonds. The summed E-state index contributed by atoms with van der Waals surface area (Å²) >= 11 is 8.10. The largest absolute Gasteiger partial charge is 0.341 e. The van der Waals surface area contributed by atoms with Crippen LogP contribution in [0.3, 0.4) is 0 Å². The van der Waals surface area contributed by atoms with E-state index in [1.165, 1.54) is 0 Å². The van der Waals surface area contributed by atoms with Crippen molar-refractivity contribution in [1.82, 2.24) is 4.90 Å². The Morgan fingerprint density at radius 3 is 2.85 bits per heavy atom. The van der Waals surface area contributed by atoms with Crippen molar-refractivity contribution < 1.29 is 9.59 Å². The topological polar surface area (TPSA) is 49.4 Å². The molecule has 1 N–H and O–H groups in total. The van der Waals surface area contributed by atoms with Crippen LogP contribution in [0.4, 0.5) is 5.69 Å². The van der Waals surface area contributed by atoms with E-state index in [0.29, 0.717) is 17.9 Å². The summed E-state index contributed by atoms with van der Waals surface area (Å²) in [6, 6.07) is 3.63. The van der Waals surface area contributed by atoms with Crippen molar-refractivity contribution in [3.05, 3.63) is 28.3 Å². The second-order valence-electron chi connectivity index (χ2n) is 5.00. The van der Waals surface area contributed by atoms with Gasteiger partial charge >= 0.3 is 0 Å². The van der Waals surface area contributed by atoms with Crippen molar-refractivity contribution in [2.24, 2.45) is 0 Å². The van der Waals surface area contributed by atoms with E-state index in [1.807, 2.05) is 22.7 Å². The minimum atomic E-state index is -0.0207. The fraction of sp³-hybridized carbons (Fsp3) is 0.429. The van der Waals surface area contributed by atoms with Gasteiger partial charge in [0.2, 0.25) is 11.8 Å². The van der Waals surface area contributed by atoms with Crippen LogP contribution >= 0.6 is 23.4 Å². The molecule has 0 aliphatic carbocycles. The zero-order valence-corrected chi connectivity index (χ0v) is 12.5. The number of nitrogens with zero attached hydrogens (tertiary/aromatic N) is 1. The smallest absolute Gasteiger partial charge is 0.228 e. The van der Waals surface area contributed by atoms with Crippen molar-refractivity contribution in [2.45, 2.75) is 12.8 Å². The third-order valence-electron chi connectivity index (χ3n) is 3.60. The van der Waals surface area contributed by atoms with Gasteiger partial charge in [-0.2, -0.15) is 11.8 Å². The third kappa shape index (κ3) is 2.79. The molecular formula is C14H15ClN2O2S. The number of halogens is 1. The van der Waals surface area contributed by atoms with Crippen molar-refractivity contribution in [2.75, 3.05) is 29.9 Å². The normalized spacial score (nSPS) is 17.9. The van der Waals surface area contributed by atoms with Crippen LogP contribution in [0.1, 0.15) is 11.1 Å². The van der Waals surface area contributed by atoms with Crippen LogP contribution in [-0.4, -0.2) is 41.3 Å². The molecule has 0 spiro atoms. The highest BCUT2D eigenvalue weighted by molar-refractivity contribution is 7.99. The van der Waals surface area contributed by atoms with Crippen LogP contribution in [0, 0.1) is 0 Å². The molecule has 0 atom stereocenters. The van der Waals surface area contributed by atoms with Gasteiger partial charge in [0.1, 0.15) is 0 Å². The maximum Gasteiger partial charge on any atom is 0.228 e. The standard InChI is InChI=1S/C14H15ClN2O2S/c15-11-5-10-7-13(18)16-12(10)6-9(11)8-14(19)17-1-3-20-4-2-17/h5-6H,1-4,7-8H2,(H,16,18). The second kappa shape index (κ2) is 5.66. The Balaban J connectivity index is 1.76. The van der Waals surface area contributed by atoms with Crippen LogP contribution in [0.2, 0.25) is 5.02 Å². The molecule has 2 aliphatic heterocycles. The van der Waals surface area contributed by atoms with Crippen LogP contribution in [0.15, 0.2) is 12.1 Å². The highest BCUT2D eigenvalue weighted by atomic mass is 35.5. The molecule has 20 heavy (non-hydrogen) atoms. The third-order valence-corrected chi connectivity index (χ3v) is 4.90. The lowest BCUT2D eigenvalue weighted by Gasteiger charge is -2.26. The molecule has 2 heterocycles. The van der Waals surface area contributed by atoms with E-state index < -0.39 is 0 Å². The van der Waals surface area contributed by atoms with E-state index in [-0.39, 0.29) is 11.8 Å². The summed E-state index contributed by atoms with van der Waals surface area (Å²) in [7, 11) is 0. The lowest BCUT2D eigenvalue weighted by molar-refractivity contribution is -0.130. The molecule has 106 valence electrons. The molecule has 0 aromatic heterocycles. The first-order valence-corrected chi connectivity index (χ1v) is 8.13. The van der Waals surface area contributed by atoms with E-state index in [0.717, 1.165) is 41.4 Å². The molecule has 0 saturated carbocycles. The Hall–Kier alpha value is -1.20. The fourth-order valence-electron chi connectivity index (χ4n) is 2.51. The molecule has 1 saturated heterocycles. The van der Waals surface area contributed by atoms with Gasteiger partial charge < -0.3 is 10.2 Å². The minimum Gasteiger partial charge on any atom is -0.341 e. The second-order valence-corrected chi connectivity index (χ2v) is 6.63. The van der Waals surface area contributed by atoms with Gasteiger partial charge in [-0.25, -0.2) is 0 Å². The molecule has 1 aromatic rings. The summed E-state index contributed by atoms with van der Waals surface area (Å²) < 4.78 is 0. The van der Waals surface area contributed by atoms with Crippen molar-refractivity contribution in [3.63, 3.8) is 0 Å². The zero-order chi connectivity index (χ0) is 14.1. The lowest BCUT2D eigenvalue weighted by Crippen LogP contribution is -2.38. The number of amides is 2. The summed E-state index contributed by atoms with van der Waals surface area (Å²) in [5.41, 5.74) is 2.48. The summed E-state index contributed by atoms with van der Waals surface area (Å²) in [5, 5.41) is 3.36. The SMILES string of the molecule is O=C1Cc2cc(Cl)c(CC(=O)N3CCSCC3)cc2N1. The molecule has 6 heteroatoms. The molecule has 0 radical (unpaired) electrons. The van der Waals surface area contributed by atoms with E-state index in [1.54, 1.807) is 6.07 Å². The Labute approximate surface area is 126 Å². The Morgan fingerprint density at radius 2 is 2.10 bits per heavy atom. The van der Waals surface area contributed by atoms with Crippen molar-refractivity contribution in [3.8, 4) is 0 Å². The van der Waals surface area contributed by atoms with Crippen LogP contribution < -0.4 is 5.32 Å². The van der Waals surface area contributed by atoms with Crippen LogP contribution in [-0.2, 0) is 22.4 Å². The van der Waals surface area contributed by atoms with Crippen LogP contribution in [0.25, 0.3) is 0 Å². The Kier molecular flexibility index (Phi) is 3.89. The van der Waals surface area contributed by atoms with Gasteiger partial charge in [-0.1, -0.05) is 11.6 Å². The molecule has 0 unspecified atom stereocenters. The number of fused-ring (bicyclic) bond motifs is 1. The number of anilines is 1. The highest BCUT2D eigenvalue weighted by Crippen LogP contribution is 2.30. The molecule has 2 aliphatic rings. The lowest BCUT2D eigenvalue weighted by atomic mass is 10.1. The predicted octanol–water partition coefficient (Wildman–Crippen LogP) is 1.95. The van der Waals surface area contributed by atoms with Gasteiger partial charge in [0, 0.05) is 35.3 Å². The number of carbonyl (C=O) groups excluding carboxylic acids is 2. The summed E-state index contributed by atoms with van der Waals surface area (Å²) in [6.07, 6.45) is 0.666. The monoisotopic (exact) mass is 310 g/mol. The average molecular weight is 311 g/mol. The first-order valence-electron chi connectivity index (χ1n) is 6.60. The number of benzene rings is 1. The van der Waals surface area contributed by atoms with E-state index >= 15 is 0 Å². The number of nitrogens with one attached hydrogen (secondary N) is 1. The van der Waals surface area contributed by atoms with E-state index in [4.69, 9.17) is 11.6 Å². The number of thioether (sulfide) groups is 1. The van der Waals surface area contributed by atoms with Gasteiger partial charge in [0.25, 0.3) is 0 Å². The van der Waals surface area contributed by atoms with Gasteiger partial charge in [0.05, 0.1) is 12.8 Å². The maximum atomic E-state index is 12.3. The average Bonchev–Trinajstić information content (AvgIpc) is 2.79. The molecule has 1 aromatic carbocycles. The van der Waals surface area contributed by atoms with Gasteiger partial charge in [-0.15, -0.1) is 0 Å². The molecule has 1 fully saturated rings. The molecule has 3 rings (SSSR count). The summed E-state index contributed by atoms with van der Waals surface area (Å²) in [5.74, 6) is 2.09. The summed E-state index contributed by atoms with van der Waals surface area (Å²) in [4.78, 5) is 25.5. The Bertz CT molecular complexity index is 571. The number of carbonyl (C=O) groups is 2. The molecule has 4 nitrogen and oxygen atoms in total. The number of rotatable bonds is 2. The number of hydrogen-bond acceptors (Lipinski definition) is 3. The van der Waals surface area contributed by atoms with Gasteiger partial charge in [0.15, 0.2) is 0 Å². The van der Waals surface area contributed by atoms with Crippen molar-refractivity contribution in [1.29, 1.82) is 0 Å². The van der Waals surface area contributed by atoms with Gasteiger partial charge in [-0.05, 0) is 23.3 Å². The first kappa shape index (κ1) is 13.8. The maximum absolute atomic E-state index is 12.3. The first-order chi connectivity index (χ1) is 9.63. The van der Waals surface area contributed by atoms with E-state index in [9.17, 15) is 9.59 Å². The summed E-state index contributed by atoms with van der Waals surface area (Å²) in [6.45, 7) is 1.62. The number of hydrogen-bond donors (Lipinski definition) is 1. The fourth-order valence-corrected chi connectivity index (χ4v) is 3.67. The van der Waals surface area contributed by atoms with E-state index in [2.05, 4.69) is 5.32 Å². The predicted molar refractivity (Wildman–Crippen MR) is 81.4 cm³/mol. The van der Waals surface area contributed by atoms with Gasteiger partial charge in [-0.3, -0.25) is 9.59 Å². The molecular weight excluding hydrogens is 296 g/mol. The zero-order valence-electron chi connectivity index (χ0n) is 10.9. The highest BCUT2D eigenvalue weighted by Gasteiger charge is 2.22. The molecule has 0 bridgehead atoms.